The number of nitrogens with zero attached hydrogens (tertiary/aromatic N) is 2. The first-order chi connectivity index (χ1) is 26.1. The van der Waals surface area contributed by atoms with Crippen LogP contribution in [0.4, 0.5) is 0 Å². The number of aromatic nitrogens is 1. The lowest BCUT2D eigenvalue weighted by Gasteiger charge is -2.35. The number of rotatable bonds is 15. The van der Waals surface area contributed by atoms with Gasteiger partial charge in [-0.1, -0.05) is 45.0 Å². The number of benzene rings is 2. The summed E-state index contributed by atoms with van der Waals surface area (Å²) in [6.07, 6.45) is 5.54. The van der Waals surface area contributed by atoms with Crippen LogP contribution in [0.2, 0.25) is 0 Å². The van der Waals surface area contributed by atoms with E-state index in [1.807, 2.05) is 43.7 Å². The van der Waals surface area contributed by atoms with Crippen molar-refractivity contribution in [2.45, 2.75) is 90.4 Å². The Morgan fingerprint density at radius 1 is 1.04 bits per heavy atom. The summed E-state index contributed by atoms with van der Waals surface area (Å²) in [7, 11) is -3.02. The lowest BCUT2D eigenvalue weighted by Crippen LogP contribution is -2.48. The van der Waals surface area contributed by atoms with Crippen LogP contribution < -0.4 is 18.4 Å². The van der Waals surface area contributed by atoms with Gasteiger partial charge in [-0.25, -0.2) is 9.71 Å². The number of hydrogen-bond acceptors (Lipinski definition) is 11. The summed E-state index contributed by atoms with van der Waals surface area (Å²) in [6, 6.07) is 14.0. The molecule has 6 rings (SSSR count). The van der Waals surface area contributed by atoms with Crippen LogP contribution in [-0.4, -0.2) is 73.8 Å². The predicted molar refractivity (Wildman–Crippen MR) is 203 cm³/mol. The van der Waals surface area contributed by atoms with Gasteiger partial charge < -0.3 is 23.3 Å². The van der Waals surface area contributed by atoms with Gasteiger partial charge in [-0.2, -0.15) is 8.42 Å². The van der Waals surface area contributed by atoms with Gasteiger partial charge in [-0.15, -0.1) is 6.58 Å². The van der Waals surface area contributed by atoms with Crippen molar-refractivity contribution in [2.75, 3.05) is 13.7 Å². The van der Waals surface area contributed by atoms with E-state index in [0.717, 1.165) is 31.1 Å². The zero-order valence-electron chi connectivity index (χ0n) is 31.7. The monoisotopic (exact) mass is 775 g/mol. The number of Topliss-reactive ketones (excluding diaryl/α,β-unsaturated/α-hetero) is 1. The number of nitrogens with one attached hydrogen (secondary N) is 1. The maximum atomic E-state index is 14.6. The number of pyridine rings is 1. The molecule has 0 radical (unpaired) electrons. The molecule has 13 nitrogen and oxygen atoms in total. The lowest BCUT2D eigenvalue weighted by atomic mass is 9.77. The largest absolute Gasteiger partial charge is 0.497 e. The van der Waals surface area contributed by atoms with Crippen LogP contribution in [0.5, 0.6) is 17.4 Å². The third-order valence-electron chi connectivity index (χ3n) is 11.0. The Kier molecular flexibility index (Phi) is 11.6. The number of likely N-dealkylation sites (tertiary alicyclic amines) is 1. The maximum absolute atomic E-state index is 14.6. The smallest absolute Gasteiger partial charge is 0.409 e. The van der Waals surface area contributed by atoms with Crippen LogP contribution in [-0.2, 0) is 34.2 Å². The summed E-state index contributed by atoms with van der Waals surface area (Å²) in [4.78, 5) is 62.0. The van der Waals surface area contributed by atoms with Gasteiger partial charge in [-0.05, 0) is 85.2 Å². The molecule has 3 fully saturated rings. The van der Waals surface area contributed by atoms with Crippen molar-refractivity contribution < 1.29 is 46.0 Å². The second kappa shape index (κ2) is 16.0. The molecule has 2 amide bonds. The van der Waals surface area contributed by atoms with Gasteiger partial charge in [0.25, 0.3) is 0 Å². The molecule has 3 aliphatic rings. The normalized spacial score (nSPS) is 23.1. The highest BCUT2D eigenvalue weighted by Gasteiger charge is 2.61. The number of hydrogen-bond donors (Lipinski definition) is 1. The molecule has 0 spiro atoms. The van der Waals surface area contributed by atoms with E-state index < -0.39 is 68.7 Å². The van der Waals surface area contributed by atoms with Crippen molar-refractivity contribution in [3.63, 3.8) is 0 Å². The molecule has 14 heteroatoms. The number of methoxy groups -OCH3 is 1. The Bertz CT molecular complexity index is 2040. The Morgan fingerprint density at radius 3 is 2.42 bits per heavy atom. The minimum atomic E-state index is -4.59. The van der Waals surface area contributed by atoms with Gasteiger partial charge in [0.15, 0.2) is 5.78 Å². The highest BCUT2D eigenvalue weighted by Crippen LogP contribution is 2.57. The third kappa shape index (κ3) is 9.12. The topological polar surface area (TPSA) is 168 Å². The number of carbonyl (C=O) groups excluding carboxylic acids is 4. The lowest BCUT2D eigenvalue weighted by molar-refractivity contribution is -0.156. The number of esters is 1. The van der Waals surface area contributed by atoms with Crippen molar-refractivity contribution >= 4 is 44.6 Å². The van der Waals surface area contributed by atoms with Gasteiger partial charge in [0.2, 0.25) is 17.7 Å². The summed E-state index contributed by atoms with van der Waals surface area (Å²) in [5, 5.41) is 1.53. The first kappa shape index (κ1) is 39.7. The molecule has 1 saturated heterocycles. The van der Waals surface area contributed by atoms with Crippen LogP contribution in [0.1, 0.15) is 72.1 Å². The van der Waals surface area contributed by atoms with Crippen LogP contribution in [0.15, 0.2) is 73.4 Å². The minimum absolute atomic E-state index is 0.00972. The van der Waals surface area contributed by atoms with Gasteiger partial charge in [0.1, 0.15) is 23.7 Å². The van der Waals surface area contributed by atoms with E-state index in [-0.39, 0.29) is 44.1 Å². The van der Waals surface area contributed by atoms with E-state index in [1.54, 1.807) is 37.6 Å². The molecule has 55 heavy (non-hydrogen) atoms. The maximum Gasteiger partial charge on any atom is 0.409 e. The molecule has 2 aromatic carbocycles. The van der Waals surface area contributed by atoms with Crippen LogP contribution >= 0.6 is 0 Å². The molecule has 5 atom stereocenters. The second-order valence-electron chi connectivity index (χ2n) is 15.8. The summed E-state index contributed by atoms with van der Waals surface area (Å²) >= 11 is 0. The van der Waals surface area contributed by atoms with E-state index >= 15 is 0 Å². The number of carbonyl (C=O) groups is 4. The molecule has 0 unspecified atom stereocenters. The first-order valence-corrected chi connectivity index (χ1v) is 20.1. The van der Waals surface area contributed by atoms with E-state index in [2.05, 4.69) is 11.6 Å². The first-order valence-electron chi connectivity index (χ1n) is 18.7. The summed E-state index contributed by atoms with van der Waals surface area (Å²) < 4.78 is 50.4. The number of para-hydroxylation sites is 1. The standard InChI is InChI=1S/C41H49N3O10S/c1-6-27-23-41(27,39(48)43-55(49,50)54-29-14-8-7-9-15-29)24-35(45)34-21-31(53-37-32-17-16-30(51-5)20-26(32)18-19-42-37)25-44(34)38(47)33(40(2,3)4)22-36(46)52-28-12-10-11-13-28/h6-9,14-20,27-28,31,33-34H,1,10-13,21-25H2,2-5H3,(H,43,48)/t27-,31-,33-,34+,41-/m1/s1. The number of ketones is 1. The molecule has 3 aromatic rings. The molecular weight excluding hydrogens is 727 g/mol. The van der Waals surface area contributed by atoms with Gasteiger partial charge >= 0.3 is 16.3 Å². The molecule has 2 aliphatic carbocycles. The number of ether oxygens (including phenoxy) is 3. The average Bonchev–Trinajstić information content (AvgIpc) is 3.40. The quantitative estimate of drug-likeness (QED) is 0.148. The van der Waals surface area contributed by atoms with Crippen molar-refractivity contribution in [3.8, 4) is 17.4 Å². The fraction of sp³-hybridized carbons (Fsp3) is 0.488. The SMILES string of the molecule is C=C[C@@H]1C[C@]1(CC(=O)[C@@H]1C[C@@H](Oc2nccc3cc(OC)ccc23)CN1C(=O)[C@@H](CC(=O)OC1CCCC1)C(C)(C)C)C(=O)NS(=O)(=O)Oc1ccccc1. The highest BCUT2D eigenvalue weighted by atomic mass is 32.2. The fourth-order valence-corrected chi connectivity index (χ4v) is 8.60. The number of fused-ring (bicyclic) bond motifs is 1. The predicted octanol–water partition coefficient (Wildman–Crippen LogP) is 5.72. The molecule has 294 valence electrons. The molecule has 2 saturated carbocycles. The molecule has 1 N–H and O–H groups in total. The summed E-state index contributed by atoms with van der Waals surface area (Å²) in [5.74, 6) is -2.58. The van der Waals surface area contributed by atoms with Crippen molar-refractivity contribution in [3.05, 3.63) is 73.4 Å². The minimum Gasteiger partial charge on any atom is -0.497 e. The van der Waals surface area contributed by atoms with Crippen LogP contribution in [0, 0.1) is 22.7 Å². The number of allylic oxidation sites excluding steroid dienone is 1. The zero-order chi connectivity index (χ0) is 39.5. The fourth-order valence-electron chi connectivity index (χ4n) is 7.76. The van der Waals surface area contributed by atoms with Gasteiger partial charge in [-0.3, -0.25) is 19.2 Å². The Morgan fingerprint density at radius 2 is 1.76 bits per heavy atom. The van der Waals surface area contributed by atoms with Crippen LogP contribution in [0.3, 0.4) is 0 Å². The third-order valence-corrected chi connectivity index (χ3v) is 11.8. The Hall–Kier alpha value is -4.98. The highest BCUT2D eigenvalue weighted by molar-refractivity contribution is 7.85. The van der Waals surface area contributed by atoms with E-state index in [9.17, 15) is 27.6 Å². The van der Waals surface area contributed by atoms with Crippen molar-refractivity contribution in [2.24, 2.45) is 22.7 Å². The van der Waals surface area contributed by atoms with Crippen molar-refractivity contribution in [1.29, 1.82) is 0 Å². The number of amides is 2. The molecular formula is C41H49N3O10S. The van der Waals surface area contributed by atoms with E-state index in [1.165, 1.54) is 23.1 Å². The summed E-state index contributed by atoms with van der Waals surface area (Å²) in [6.45, 7) is 9.41. The average molecular weight is 776 g/mol. The van der Waals surface area contributed by atoms with Crippen LogP contribution in [0.25, 0.3) is 10.8 Å². The van der Waals surface area contributed by atoms with E-state index in [0.29, 0.717) is 17.0 Å². The molecule has 0 bridgehead atoms. The molecule has 2 heterocycles. The van der Waals surface area contributed by atoms with Gasteiger partial charge in [0, 0.05) is 24.4 Å². The Labute approximate surface area is 322 Å². The van der Waals surface area contributed by atoms with Crippen molar-refractivity contribution in [1.82, 2.24) is 14.6 Å². The molecule has 1 aliphatic heterocycles. The zero-order valence-corrected chi connectivity index (χ0v) is 32.5. The van der Waals surface area contributed by atoms with Gasteiger partial charge in [0.05, 0.1) is 37.5 Å². The Balaban J connectivity index is 1.26. The summed E-state index contributed by atoms with van der Waals surface area (Å²) in [5.41, 5.74) is -2.11. The van der Waals surface area contributed by atoms with E-state index in [4.69, 9.17) is 18.4 Å². The molecule has 1 aromatic heterocycles. The second-order valence-corrected chi connectivity index (χ2v) is 17.1.